The lowest BCUT2D eigenvalue weighted by Gasteiger charge is -2.29. The fourth-order valence-corrected chi connectivity index (χ4v) is 21.9. The zero-order chi connectivity index (χ0) is 96.2. The van der Waals surface area contributed by atoms with E-state index in [0.29, 0.717) is 42.9 Å². The quantitative estimate of drug-likeness (QED) is 0.0185. The Bertz CT molecular complexity index is 5330. The Morgan fingerprint density at radius 1 is 0.237 bits per heavy atom. The molecule has 0 aliphatic rings. The van der Waals surface area contributed by atoms with E-state index in [4.69, 9.17) is 47.4 Å². The van der Waals surface area contributed by atoms with Crippen molar-refractivity contribution < 1.29 is 47.4 Å². The minimum atomic E-state index is -0.0232. The summed E-state index contributed by atoms with van der Waals surface area (Å²) in [6, 6.07) is 70.4. The highest BCUT2D eigenvalue weighted by Gasteiger charge is 2.29. The first-order chi connectivity index (χ1) is 62.3. The number of rotatable bonds is 37. The zero-order valence-corrected chi connectivity index (χ0v) is 89.3. The molecule has 131 heavy (non-hydrogen) atoms. The summed E-state index contributed by atoms with van der Waals surface area (Å²) in [6.45, 7) is 49.8. The first-order valence-electron chi connectivity index (χ1n) is 45.2. The highest BCUT2D eigenvalue weighted by molar-refractivity contribution is 7.57. The molecule has 11 aromatic carbocycles. The van der Waals surface area contributed by atoms with Gasteiger partial charge in [-0.05, 0) is 235 Å². The molecule has 0 aromatic heterocycles. The zero-order valence-electron chi connectivity index (χ0n) is 84.3. The molecule has 15 nitrogen and oxygen atoms in total. The fourth-order valence-electron chi connectivity index (χ4n) is 15.0. The van der Waals surface area contributed by atoms with E-state index in [2.05, 4.69) is 353 Å². The molecule has 11 aromatic rings. The number of benzene rings is 11. The van der Waals surface area contributed by atoms with Crippen LogP contribution in [0.5, 0.6) is 28.7 Å². The maximum Gasteiger partial charge on any atom is 0.188 e. The van der Waals surface area contributed by atoms with E-state index in [0.717, 1.165) is 73.5 Å². The molecule has 0 amide bonds. The van der Waals surface area contributed by atoms with Gasteiger partial charge in [0.2, 0.25) is 0 Å². The van der Waals surface area contributed by atoms with E-state index >= 15 is 0 Å². The van der Waals surface area contributed by atoms with E-state index < -0.39 is 0 Å². The number of nitrogens with one attached hydrogen (secondary N) is 5. The lowest BCUT2D eigenvalue weighted by atomic mass is 9.80. The maximum atomic E-state index is 6.18. The minimum Gasteiger partial charge on any atom is -0.467 e. The van der Waals surface area contributed by atoms with Gasteiger partial charge < -0.3 is 74.0 Å². The third-order valence-electron chi connectivity index (χ3n) is 21.5. The van der Waals surface area contributed by atoms with Crippen LogP contribution in [-0.4, -0.2) is 105 Å². The molecule has 5 N–H and O–H groups in total. The largest absolute Gasteiger partial charge is 0.467 e. The van der Waals surface area contributed by atoms with Gasteiger partial charge in [0.15, 0.2) is 34.0 Å². The van der Waals surface area contributed by atoms with Crippen molar-refractivity contribution >= 4 is 95.9 Å². The second-order valence-corrected chi connectivity index (χ2v) is 44.1. The van der Waals surface area contributed by atoms with Crippen LogP contribution in [0.1, 0.15) is 189 Å². The molecule has 5 atom stereocenters. The van der Waals surface area contributed by atoms with Crippen LogP contribution in [0.4, 0.5) is 0 Å². The number of aryl methyl sites for hydroxylation is 8. The van der Waals surface area contributed by atoms with Crippen LogP contribution in [0.15, 0.2) is 194 Å². The van der Waals surface area contributed by atoms with E-state index in [1.165, 1.54) is 153 Å². The van der Waals surface area contributed by atoms with Gasteiger partial charge in [-0.3, -0.25) is 0 Å². The van der Waals surface area contributed by atoms with Crippen molar-refractivity contribution in [3.8, 4) is 28.7 Å². The van der Waals surface area contributed by atoms with Gasteiger partial charge in [0.1, 0.15) is 28.7 Å². The normalized spacial score (nSPS) is 11.9. The first-order valence-corrected chi connectivity index (χ1v) is 50.2. The summed E-state index contributed by atoms with van der Waals surface area (Å²) in [6.07, 6.45) is 0.844. The van der Waals surface area contributed by atoms with Crippen molar-refractivity contribution in [2.45, 2.75) is 199 Å². The van der Waals surface area contributed by atoms with Crippen molar-refractivity contribution in [1.82, 2.24) is 26.6 Å². The van der Waals surface area contributed by atoms with Gasteiger partial charge in [0.05, 0.1) is 0 Å². The lowest BCUT2D eigenvalue weighted by molar-refractivity contribution is 0.0504. The van der Waals surface area contributed by atoms with Crippen molar-refractivity contribution in [3.05, 3.63) is 300 Å². The Labute approximate surface area is 797 Å². The van der Waals surface area contributed by atoms with Gasteiger partial charge in [-0.1, -0.05) is 318 Å². The molecule has 5 unspecified atom stereocenters. The van der Waals surface area contributed by atoms with Gasteiger partial charge in [-0.2, -0.15) is 0 Å². The van der Waals surface area contributed by atoms with Gasteiger partial charge in [-0.25, -0.2) is 0 Å². The highest BCUT2D eigenvalue weighted by Crippen LogP contribution is 2.40. The summed E-state index contributed by atoms with van der Waals surface area (Å²) in [5.74, 6) is 4.79. The molecule has 0 radical (unpaired) electrons. The van der Waals surface area contributed by atoms with Crippen LogP contribution in [0, 0.1) is 55.4 Å². The molecule has 0 aliphatic carbocycles. The molecular formula is C111H154N5O10P5. The molecule has 0 spiro atoms. The molecular weight excluding hydrogens is 1720 g/mol. The summed E-state index contributed by atoms with van der Waals surface area (Å²) in [5.41, 5.74) is 24.5. The number of hydrogen-bond acceptors (Lipinski definition) is 15. The minimum absolute atomic E-state index is 0.00933. The molecule has 0 bridgehead atoms. The number of para-hydroxylation sites is 1. The molecule has 20 heteroatoms. The lowest BCUT2D eigenvalue weighted by Crippen LogP contribution is -2.24. The number of hydrogen-bond donors (Lipinski definition) is 5. The van der Waals surface area contributed by atoms with E-state index in [1.807, 2.05) is 41.3 Å². The summed E-state index contributed by atoms with van der Waals surface area (Å²) >= 11 is 0. The standard InChI is InChI=1S/C25H38NO2P.C23H26NO2P.2C22H32NO2P.C19H26NO2P/c1-17-10-11-21(18(12-17)15-26-8)29-22-14-19(24(2,3)4)13-20(25(5,6)7)23(22)28-16-27-9;1-24-16-20-11-6-7-13-21(20)27-22-14-8-12-19(23(22)26-17-25-2)15-18-9-4-3-5-10-18;1-15-8-9-19(17(10-15)13-23-6)26-20-12-18(22(3,4)5)11-16(2)21(20)25-14-24-7;1-15-8-9-19(17(10-15)13-23-6)26-20-12-16(2)11-18(22(3,4)5)21(20)25-14-24-7;1-13-6-7-17(16(9-13)11-20-4)23-18-10-14(2)8-15(3)19(18)22-12-21-5/h10-14,26,29H,15-16H2,1-9H3;3-14,24,27H,15-17H2,1-2H3;2*8-12,23,26H,13-14H2,1-7H3;6-10,20,23H,11-12H2,1-5H3. The van der Waals surface area contributed by atoms with Crippen LogP contribution >= 0.6 is 42.9 Å². The molecule has 0 saturated carbocycles. The Morgan fingerprint density at radius 2 is 0.534 bits per heavy atom. The van der Waals surface area contributed by atoms with Crippen molar-refractivity contribution in [1.29, 1.82) is 0 Å². The summed E-state index contributed by atoms with van der Waals surface area (Å²) in [5, 5.41) is 29.4. The third-order valence-corrected chi connectivity index (χ3v) is 28.6. The van der Waals surface area contributed by atoms with Crippen molar-refractivity contribution in [2.75, 3.05) is 105 Å². The third kappa shape index (κ3) is 35.1. The van der Waals surface area contributed by atoms with Gasteiger partial charge in [-0.15, -0.1) is 0 Å². The monoisotopic (exact) mass is 1870 g/mol. The van der Waals surface area contributed by atoms with Crippen LogP contribution in [0.3, 0.4) is 0 Å². The average Bonchev–Trinajstić information content (AvgIpc) is 0.772. The van der Waals surface area contributed by atoms with Crippen LogP contribution in [0.2, 0.25) is 0 Å². The Hall–Kier alpha value is -7.83. The van der Waals surface area contributed by atoms with Crippen LogP contribution in [-0.2, 0) is 84.5 Å². The van der Waals surface area contributed by atoms with E-state index in [9.17, 15) is 0 Å². The topological polar surface area (TPSA) is 152 Å². The predicted molar refractivity (Wildman–Crippen MR) is 571 cm³/mol. The SMILES string of the molecule is CNCc1cc(C)ccc1Pc1cc(C(C)(C)C)cc(C(C)(C)C)c1OCOC.CNCc1cc(C)ccc1Pc1cc(C(C)(C)C)cc(C)c1OCOC.CNCc1cc(C)ccc1Pc1cc(C)cc(C(C)(C)C)c1OCOC.CNCc1cc(C)ccc1Pc1cc(C)cc(C)c1OCOC.CNCc1ccccc1Pc1cccc(Cc2ccccc2)c1OCOC. The maximum absolute atomic E-state index is 6.18. The first kappa shape index (κ1) is 110. The van der Waals surface area contributed by atoms with E-state index in [1.54, 1.807) is 35.5 Å². The van der Waals surface area contributed by atoms with E-state index in [-0.39, 0.29) is 55.6 Å². The highest BCUT2D eigenvalue weighted by atomic mass is 31.1. The fraction of sp³-hybridized carbons (Fsp3) is 0.405. The average molecular weight is 1870 g/mol. The van der Waals surface area contributed by atoms with Crippen molar-refractivity contribution in [2.24, 2.45) is 0 Å². The van der Waals surface area contributed by atoms with Crippen molar-refractivity contribution in [3.63, 3.8) is 0 Å². The second-order valence-electron chi connectivity index (χ2n) is 37.5. The molecule has 0 heterocycles. The molecule has 0 aliphatic heterocycles. The predicted octanol–water partition coefficient (Wildman–Crippen LogP) is 19.3. The van der Waals surface area contributed by atoms with Gasteiger partial charge in [0.25, 0.3) is 0 Å². The Morgan fingerprint density at radius 3 is 0.924 bits per heavy atom. The molecule has 0 fully saturated rings. The summed E-state index contributed by atoms with van der Waals surface area (Å²) in [7, 11) is 21.0. The number of methoxy groups -OCH3 is 5. The van der Waals surface area contributed by atoms with Gasteiger partial charge >= 0.3 is 0 Å². The molecule has 708 valence electrons. The summed E-state index contributed by atoms with van der Waals surface area (Å²) < 4.78 is 55.9. The molecule has 0 saturated heterocycles. The smallest absolute Gasteiger partial charge is 0.188 e. The molecule has 11 rings (SSSR count). The van der Waals surface area contributed by atoms with Crippen LogP contribution < -0.4 is 103 Å². The second kappa shape index (κ2) is 54.6. The van der Waals surface area contributed by atoms with Gasteiger partial charge in [0, 0.05) is 112 Å². The van der Waals surface area contributed by atoms with Crippen LogP contribution in [0.25, 0.3) is 0 Å². The summed E-state index contributed by atoms with van der Waals surface area (Å²) in [4.78, 5) is 0. The Balaban J connectivity index is 0.000000224. The Kier molecular flexibility index (Phi) is 46.0. The number of ether oxygens (including phenoxy) is 10.